The molecule has 1 saturated heterocycles. The normalized spacial score (nSPS) is 15.4. The largest absolute Gasteiger partial charge is 0.481 e. The first-order chi connectivity index (χ1) is 24.2. The van der Waals surface area contributed by atoms with Crippen LogP contribution in [0, 0.1) is 31.5 Å². The lowest BCUT2D eigenvalue weighted by atomic mass is 9.90. The lowest BCUT2D eigenvalue weighted by Gasteiger charge is -2.39. The van der Waals surface area contributed by atoms with Crippen molar-refractivity contribution < 1.29 is 50.2 Å². The molecule has 1 aliphatic heterocycles. The molecular formula is C37H42F7N3O5. The van der Waals surface area contributed by atoms with Gasteiger partial charge in [0.05, 0.1) is 30.2 Å². The summed E-state index contributed by atoms with van der Waals surface area (Å²) in [6.45, 7) is 8.57. The molecule has 3 aromatic rings. The molecule has 0 saturated carbocycles. The van der Waals surface area contributed by atoms with E-state index in [0.717, 1.165) is 16.8 Å². The number of alkyl halides is 6. The van der Waals surface area contributed by atoms with E-state index in [9.17, 15) is 45.8 Å². The second kappa shape index (κ2) is 16.2. The number of amides is 1. The van der Waals surface area contributed by atoms with Crippen LogP contribution in [0.5, 0.6) is 0 Å². The Morgan fingerprint density at radius 3 is 2.15 bits per heavy atom. The van der Waals surface area contributed by atoms with E-state index in [1.807, 2.05) is 4.90 Å². The summed E-state index contributed by atoms with van der Waals surface area (Å²) in [5.74, 6) is -4.56. The van der Waals surface area contributed by atoms with Crippen LogP contribution in [0.15, 0.2) is 47.4 Å². The Morgan fingerprint density at radius 2 is 1.62 bits per heavy atom. The van der Waals surface area contributed by atoms with Crippen LogP contribution < -0.4 is 10.9 Å². The van der Waals surface area contributed by atoms with Gasteiger partial charge in [0, 0.05) is 50.5 Å². The summed E-state index contributed by atoms with van der Waals surface area (Å²) in [5, 5.41) is 12.1. The number of aromatic nitrogens is 1. The van der Waals surface area contributed by atoms with Crippen molar-refractivity contribution in [1.29, 1.82) is 0 Å². The molecule has 15 heteroatoms. The number of hydrogen-bond donors (Lipinski definition) is 2. The van der Waals surface area contributed by atoms with Gasteiger partial charge >= 0.3 is 18.3 Å². The average Bonchev–Trinajstić information content (AvgIpc) is 3.00. The molecule has 2 heterocycles. The van der Waals surface area contributed by atoms with Gasteiger partial charge in [-0.15, -0.1) is 0 Å². The Balaban J connectivity index is 1.79. The third-order valence-electron chi connectivity index (χ3n) is 9.18. The predicted molar refractivity (Wildman–Crippen MR) is 179 cm³/mol. The van der Waals surface area contributed by atoms with Crippen molar-refractivity contribution in [3.63, 3.8) is 0 Å². The van der Waals surface area contributed by atoms with Gasteiger partial charge in [-0.1, -0.05) is 32.0 Å². The molecule has 0 spiro atoms. The smallest absolute Gasteiger partial charge is 0.419 e. The molecule has 284 valence electrons. The molecule has 1 amide bonds. The molecule has 1 fully saturated rings. The third-order valence-corrected chi connectivity index (χ3v) is 9.18. The zero-order valence-corrected chi connectivity index (χ0v) is 29.4. The number of halogens is 7. The first-order valence-electron chi connectivity index (χ1n) is 16.7. The van der Waals surface area contributed by atoms with Gasteiger partial charge in [-0.25, -0.2) is 4.39 Å². The van der Waals surface area contributed by atoms with Gasteiger partial charge in [-0.3, -0.25) is 14.4 Å². The van der Waals surface area contributed by atoms with Crippen LogP contribution in [0.25, 0.3) is 11.1 Å². The number of pyridine rings is 1. The van der Waals surface area contributed by atoms with Crippen LogP contribution in [0.3, 0.4) is 0 Å². The Bertz CT molecular complexity index is 1810. The number of rotatable bonds is 14. The van der Waals surface area contributed by atoms with Gasteiger partial charge in [-0.05, 0) is 72.6 Å². The molecule has 0 bridgehead atoms. The van der Waals surface area contributed by atoms with Gasteiger partial charge in [0.15, 0.2) is 0 Å². The van der Waals surface area contributed by atoms with Crippen LogP contribution in [-0.2, 0) is 33.1 Å². The number of aryl methyl sites for hydroxylation is 2. The summed E-state index contributed by atoms with van der Waals surface area (Å²) in [5.41, 5.74) is -3.62. The van der Waals surface area contributed by atoms with Crippen molar-refractivity contribution in [1.82, 2.24) is 14.8 Å². The summed E-state index contributed by atoms with van der Waals surface area (Å²) in [6, 6.07) is 3.67. The third kappa shape index (κ3) is 9.59. The van der Waals surface area contributed by atoms with Crippen molar-refractivity contribution in [2.24, 2.45) is 11.8 Å². The van der Waals surface area contributed by atoms with Crippen molar-refractivity contribution in [3.8, 4) is 11.1 Å². The number of carboxylic acids is 1. The van der Waals surface area contributed by atoms with E-state index in [2.05, 4.69) is 5.32 Å². The van der Waals surface area contributed by atoms with Crippen LogP contribution in [0.2, 0.25) is 0 Å². The molecule has 2 atom stereocenters. The summed E-state index contributed by atoms with van der Waals surface area (Å²) >= 11 is 0. The maximum Gasteiger partial charge on any atom is 0.419 e. The molecule has 1 aliphatic rings. The topological polar surface area (TPSA) is 101 Å². The van der Waals surface area contributed by atoms with Crippen LogP contribution >= 0.6 is 0 Å². The quantitative estimate of drug-likeness (QED) is 0.168. The molecule has 2 N–H and O–H groups in total. The van der Waals surface area contributed by atoms with E-state index in [1.54, 1.807) is 53.0 Å². The molecule has 1 aromatic heterocycles. The summed E-state index contributed by atoms with van der Waals surface area (Å²) in [7, 11) is 1.55. The number of nitrogens with one attached hydrogen (secondary N) is 1. The monoisotopic (exact) mass is 741 g/mol. The lowest BCUT2D eigenvalue weighted by molar-refractivity contribution is -0.140. The van der Waals surface area contributed by atoms with Crippen molar-refractivity contribution in [3.05, 3.63) is 92.1 Å². The van der Waals surface area contributed by atoms with Gasteiger partial charge in [-0.2, -0.15) is 26.3 Å². The molecule has 8 nitrogen and oxygen atoms in total. The zero-order valence-electron chi connectivity index (χ0n) is 29.4. The first-order valence-corrected chi connectivity index (χ1v) is 16.7. The second-order valence-electron chi connectivity index (χ2n) is 13.8. The SMILES string of the molecule is COCC1CN(CCc2cn(C(CC(C)C)C(=O)NC(CC(=O)O)c3cc(-c4c(C)cccc4C)cc(C(F)(F)F)c3F)c(=O)cc2C(F)(F)F)C1. The number of ether oxygens (including phenoxy) is 1. The Kier molecular flexibility index (Phi) is 12.6. The minimum atomic E-state index is -5.20. The Hall–Kier alpha value is -4.24. The number of hydrogen-bond acceptors (Lipinski definition) is 5. The number of nitrogens with zero attached hydrogens (tertiary/aromatic N) is 2. The Morgan fingerprint density at radius 1 is 1.00 bits per heavy atom. The maximum atomic E-state index is 15.8. The van der Waals surface area contributed by atoms with Crippen molar-refractivity contribution >= 4 is 11.9 Å². The van der Waals surface area contributed by atoms with Crippen LogP contribution in [0.1, 0.15) is 72.2 Å². The number of methoxy groups -OCH3 is 1. The van der Waals surface area contributed by atoms with E-state index in [0.29, 0.717) is 48.5 Å². The molecule has 4 rings (SSSR count). The fourth-order valence-corrected chi connectivity index (χ4v) is 6.77. The Labute approximate surface area is 296 Å². The van der Waals surface area contributed by atoms with Crippen LogP contribution in [-0.4, -0.2) is 59.8 Å². The minimum absolute atomic E-state index is 0.0676. The van der Waals surface area contributed by atoms with Gasteiger partial charge in [0.2, 0.25) is 5.91 Å². The van der Waals surface area contributed by atoms with E-state index in [-0.39, 0.29) is 42.3 Å². The van der Waals surface area contributed by atoms with E-state index >= 15 is 4.39 Å². The van der Waals surface area contributed by atoms with Crippen LogP contribution in [0.4, 0.5) is 30.7 Å². The van der Waals surface area contributed by atoms with Crippen molar-refractivity contribution in [2.75, 3.05) is 33.4 Å². The highest BCUT2D eigenvalue weighted by Gasteiger charge is 2.39. The molecule has 2 aromatic carbocycles. The highest BCUT2D eigenvalue weighted by atomic mass is 19.4. The maximum absolute atomic E-state index is 15.8. The van der Waals surface area contributed by atoms with Gasteiger partial charge in [0.1, 0.15) is 11.9 Å². The number of carboxylic acid groups (broad SMARTS) is 1. The second-order valence-corrected chi connectivity index (χ2v) is 13.8. The van der Waals surface area contributed by atoms with Gasteiger partial charge < -0.3 is 24.6 Å². The number of carbonyl (C=O) groups is 2. The fourth-order valence-electron chi connectivity index (χ4n) is 6.77. The van der Waals surface area contributed by atoms with E-state index in [4.69, 9.17) is 4.74 Å². The number of likely N-dealkylation sites (tertiary alicyclic amines) is 1. The fraction of sp³-hybridized carbons (Fsp3) is 0.486. The highest BCUT2D eigenvalue weighted by molar-refractivity contribution is 5.82. The average molecular weight is 742 g/mol. The summed E-state index contributed by atoms with van der Waals surface area (Å²) < 4.78 is 107. The van der Waals surface area contributed by atoms with E-state index < -0.39 is 70.8 Å². The lowest BCUT2D eigenvalue weighted by Crippen LogP contribution is -2.49. The van der Waals surface area contributed by atoms with Gasteiger partial charge in [0.25, 0.3) is 5.56 Å². The summed E-state index contributed by atoms with van der Waals surface area (Å²) in [4.78, 5) is 41.2. The minimum Gasteiger partial charge on any atom is -0.481 e. The molecule has 0 aliphatic carbocycles. The van der Waals surface area contributed by atoms with E-state index in [1.165, 1.54) is 0 Å². The molecule has 52 heavy (non-hydrogen) atoms. The molecule has 2 unspecified atom stereocenters. The zero-order chi connectivity index (χ0) is 38.7. The highest BCUT2D eigenvalue weighted by Crippen LogP contribution is 2.40. The number of benzene rings is 2. The predicted octanol–water partition coefficient (Wildman–Crippen LogP) is 7.35. The number of aliphatic carboxylic acids is 1. The first kappa shape index (κ1) is 40.5. The molecular weight excluding hydrogens is 699 g/mol. The summed E-state index contributed by atoms with van der Waals surface area (Å²) in [6.07, 6.45) is -10.4. The molecule has 0 radical (unpaired) electrons. The van der Waals surface area contributed by atoms with Crippen molar-refractivity contribution in [2.45, 2.75) is 71.4 Å². The number of carbonyl (C=O) groups excluding carboxylic acids is 1. The standard InChI is InChI=1S/C37H42F7N3O5/c1-20(2)11-30(47-18-24(27(14-31(47)48)36(39,40)41)9-10-46-16-23(17-46)19-52-5)35(51)45-29(15-32(49)50)26-12-25(13-28(34(26)38)37(42,43)44)33-21(3)7-6-8-22(33)4/h6-8,12-14,18,20,23,29-30H,9-11,15-17,19H2,1-5H3,(H,45,51)(H,49,50).